The summed E-state index contributed by atoms with van der Waals surface area (Å²) in [4.78, 5) is 3.82. The molecule has 7 heteroatoms. The molecule has 5 nitrogen and oxygen atoms in total. The zero-order valence-corrected chi connectivity index (χ0v) is 26.6. The summed E-state index contributed by atoms with van der Waals surface area (Å²) in [6.45, 7) is 30.4. The molecular weight excluding hydrogens is 484 g/mol. The minimum absolute atomic E-state index is 0.0492. The predicted octanol–water partition coefficient (Wildman–Crippen LogP) is 6.51. The van der Waals surface area contributed by atoms with Gasteiger partial charge < -0.3 is 23.6 Å². The first-order valence-electron chi connectivity index (χ1n) is 14.4. The monoisotopic (exact) mass is 531 g/mol. The SMILES string of the molecule is CC(C)(C)c1cc(B2OC(C)(C)C(C)(C)O2)c2[nH]c3c(B4OC(C)(C)C(C)(C)O4)cc(C(C)(C)C)cc3c2c1. The van der Waals surface area contributed by atoms with Crippen LogP contribution in [0.15, 0.2) is 24.3 Å². The molecule has 2 aliphatic heterocycles. The number of benzene rings is 2. The number of aromatic nitrogens is 1. The molecule has 0 unspecified atom stereocenters. The first-order chi connectivity index (χ1) is 17.5. The first-order valence-corrected chi connectivity index (χ1v) is 14.4. The summed E-state index contributed by atoms with van der Waals surface area (Å²) in [5.74, 6) is 0. The molecule has 0 aliphatic carbocycles. The Labute approximate surface area is 236 Å². The van der Waals surface area contributed by atoms with Gasteiger partial charge in [0.25, 0.3) is 0 Å². The molecule has 0 atom stereocenters. The molecule has 39 heavy (non-hydrogen) atoms. The summed E-state index contributed by atoms with van der Waals surface area (Å²) in [5.41, 5.74) is 4.83. The molecule has 0 radical (unpaired) electrons. The Morgan fingerprint density at radius 1 is 0.513 bits per heavy atom. The molecule has 2 saturated heterocycles. The Morgan fingerprint density at radius 3 is 1.05 bits per heavy atom. The van der Waals surface area contributed by atoms with Crippen LogP contribution in [-0.2, 0) is 29.4 Å². The van der Waals surface area contributed by atoms with Crippen molar-refractivity contribution in [2.24, 2.45) is 0 Å². The second-order valence-electron chi connectivity index (χ2n) is 15.8. The van der Waals surface area contributed by atoms with Gasteiger partial charge in [-0.2, -0.15) is 0 Å². The van der Waals surface area contributed by atoms with Crippen LogP contribution in [0.4, 0.5) is 0 Å². The minimum Gasteiger partial charge on any atom is -0.399 e. The summed E-state index contributed by atoms with van der Waals surface area (Å²) in [6, 6.07) is 9.20. The van der Waals surface area contributed by atoms with Crippen LogP contribution in [0.1, 0.15) is 108 Å². The van der Waals surface area contributed by atoms with E-state index in [0.29, 0.717) is 0 Å². The molecular formula is C32H47B2NO4. The average molecular weight is 531 g/mol. The molecule has 1 aromatic heterocycles. The third kappa shape index (κ3) is 4.58. The van der Waals surface area contributed by atoms with Crippen molar-refractivity contribution < 1.29 is 18.6 Å². The van der Waals surface area contributed by atoms with E-state index in [0.717, 1.165) is 22.0 Å². The Hall–Kier alpha value is -1.79. The Morgan fingerprint density at radius 2 is 0.795 bits per heavy atom. The maximum Gasteiger partial charge on any atom is 0.497 e. The smallest absolute Gasteiger partial charge is 0.399 e. The fraction of sp³-hybridized carbons (Fsp3) is 0.625. The van der Waals surface area contributed by atoms with Gasteiger partial charge in [0.05, 0.1) is 22.4 Å². The van der Waals surface area contributed by atoms with Gasteiger partial charge in [0.15, 0.2) is 0 Å². The third-order valence-corrected chi connectivity index (χ3v) is 9.62. The van der Waals surface area contributed by atoms with Crippen LogP contribution in [0.2, 0.25) is 0 Å². The molecule has 0 spiro atoms. The second kappa shape index (κ2) is 8.38. The molecule has 0 bridgehead atoms. The van der Waals surface area contributed by atoms with Crippen LogP contribution in [0.25, 0.3) is 21.8 Å². The molecule has 0 saturated carbocycles. The lowest BCUT2D eigenvalue weighted by Gasteiger charge is -2.32. The van der Waals surface area contributed by atoms with Gasteiger partial charge >= 0.3 is 14.2 Å². The predicted molar refractivity (Wildman–Crippen MR) is 165 cm³/mol. The first kappa shape index (κ1) is 28.7. The summed E-state index contributed by atoms with van der Waals surface area (Å²) < 4.78 is 26.4. The van der Waals surface area contributed by atoms with Gasteiger partial charge in [0.1, 0.15) is 0 Å². The van der Waals surface area contributed by atoms with Gasteiger partial charge in [-0.25, -0.2) is 0 Å². The summed E-state index contributed by atoms with van der Waals surface area (Å²) in [7, 11) is -0.953. The van der Waals surface area contributed by atoms with Crippen LogP contribution >= 0.6 is 0 Å². The lowest BCUT2D eigenvalue weighted by atomic mass is 9.73. The number of hydrogen-bond donors (Lipinski definition) is 1. The standard InChI is InChI=1S/C32H47B2NO4/c1-27(2,3)19-15-21-22-16-20(28(4,5)6)18-24(34-38-31(11,12)32(13,14)39-34)26(22)35-25(21)23(17-19)33-36-29(7,8)30(9,10)37-33/h15-18,35H,1-14H3. The van der Waals surface area contributed by atoms with Gasteiger partial charge in [0.2, 0.25) is 0 Å². The topological polar surface area (TPSA) is 52.7 Å². The summed E-state index contributed by atoms with van der Waals surface area (Å²) >= 11 is 0. The molecule has 210 valence electrons. The van der Waals surface area contributed by atoms with Crippen molar-refractivity contribution in [2.75, 3.05) is 0 Å². The fourth-order valence-electron chi connectivity index (χ4n) is 5.34. The maximum absolute atomic E-state index is 6.59. The third-order valence-electron chi connectivity index (χ3n) is 9.62. The van der Waals surface area contributed by atoms with Crippen molar-refractivity contribution in [3.05, 3.63) is 35.4 Å². The van der Waals surface area contributed by atoms with Crippen LogP contribution in [-0.4, -0.2) is 41.6 Å². The number of aromatic amines is 1. The number of H-pyrrole nitrogens is 1. The summed E-state index contributed by atoms with van der Waals surface area (Å²) in [5, 5.41) is 2.34. The van der Waals surface area contributed by atoms with Crippen molar-refractivity contribution >= 4 is 47.0 Å². The van der Waals surface area contributed by atoms with E-state index >= 15 is 0 Å². The maximum atomic E-state index is 6.59. The van der Waals surface area contributed by atoms with Gasteiger partial charge in [-0.05, 0) is 89.5 Å². The molecule has 0 amide bonds. The second-order valence-corrected chi connectivity index (χ2v) is 15.8. The van der Waals surface area contributed by atoms with E-state index in [4.69, 9.17) is 18.6 Å². The molecule has 2 aliphatic rings. The van der Waals surface area contributed by atoms with Crippen LogP contribution in [0.3, 0.4) is 0 Å². The number of nitrogens with one attached hydrogen (secondary N) is 1. The van der Waals surface area contributed by atoms with Crippen molar-refractivity contribution in [3.63, 3.8) is 0 Å². The normalized spacial score (nSPS) is 22.4. The average Bonchev–Trinajstić information content (AvgIpc) is 3.31. The van der Waals surface area contributed by atoms with Crippen molar-refractivity contribution in [2.45, 2.75) is 130 Å². The van der Waals surface area contributed by atoms with Gasteiger partial charge in [0, 0.05) is 32.7 Å². The summed E-state index contributed by atoms with van der Waals surface area (Å²) in [6.07, 6.45) is 0. The van der Waals surface area contributed by atoms with E-state index in [-0.39, 0.29) is 10.8 Å². The lowest BCUT2D eigenvalue weighted by molar-refractivity contribution is 0.00578. The van der Waals surface area contributed by atoms with Crippen molar-refractivity contribution in [3.8, 4) is 0 Å². The highest BCUT2D eigenvalue weighted by Crippen LogP contribution is 2.41. The van der Waals surface area contributed by atoms with Crippen LogP contribution in [0.5, 0.6) is 0 Å². The highest BCUT2D eigenvalue weighted by molar-refractivity contribution is 6.67. The largest absolute Gasteiger partial charge is 0.497 e. The number of fused-ring (bicyclic) bond motifs is 3. The van der Waals surface area contributed by atoms with Crippen molar-refractivity contribution in [1.82, 2.24) is 4.98 Å². The van der Waals surface area contributed by atoms with Gasteiger partial charge in [-0.1, -0.05) is 53.7 Å². The fourth-order valence-corrected chi connectivity index (χ4v) is 5.34. The quantitative estimate of drug-likeness (QED) is 0.383. The highest BCUT2D eigenvalue weighted by atomic mass is 16.7. The zero-order chi connectivity index (χ0) is 29.1. The number of hydrogen-bond acceptors (Lipinski definition) is 4. The molecule has 3 aromatic rings. The Balaban J connectivity index is 1.82. The van der Waals surface area contributed by atoms with E-state index < -0.39 is 36.6 Å². The van der Waals surface area contributed by atoms with Gasteiger partial charge in [-0.15, -0.1) is 0 Å². The van der Waals surface area contributed by atoms with Crippen molar-refractivity contribution in [1.29, 1.82) is 0 Å². The van der Waals surface area contributed by atoms with Crippen LogP contribution < -0.4 is 10.9 Å². The van der Waals surface area contributed by atoms with Crippen LogP contribution in [0, 0.1) is 0 Å². The molecule has 2 aromatic carbocycles. The Bertz CT molecular complexity index is 1310. The minimum atomic E-state index is -0.477. The van der Waals surface area contributed by atoms with E-state index in [1.807, 2.05) is 0 Å². The highest BCUT2D eigenvalue weighted by Gasteiger charge is 2.54. The lowest BCUT2D eigenvalue weighted by Crippen LogP contribution is -2.41. The van der Waals surface area contributed by atoms with E-state index in [1.165, 1.54) is 21.9 Å². The molecule has 3 heterocycles. The van der Waals surface area contributed by atoms with E-state index in [1.54, 1.807) is 0 Å². The van der Waals surface area contributed by atoms with E-state index in [9.17, 15) is 0 Å². The van der Waals surface area contributed by atoms with Gasteiger partial charge in [-0.3, -0.25) is 0 Å². The Kier molecular flexibility index (Phi) is 6.17. The number of rotatable bonds is 2. The molecule has 2 fully saturated rings. The molecule has 1 N–H and O–H groups in total. The zero-order valence-electron chi connectivity index (χ0n) is 26.6. The van der Waals surface area contributed by atoms with E-state index in [2.05, 4.69) is 126 Å². The molecule has 5 rings (SSSR count).